The van der Waals surface area contributed by atoms with Gasteiger partial charge in [-0.2, -0.15) is 5.10 Å². The normalized spacial score (nSPS) is 16.6. The monoisotopic (exact) mass is 369 g/mol. The van der Waals surface area contributed by atoms with Crippen LogP contribution in [0.25, 0.3) is 11.4 Å². The number of carbonyl (C=O) groups excluding carboxylic acids is 1. The molecule has 27 heavy (non-hydrogen) atoms. The zero-order valence-electron chi connectivity index (χ0n) is 15.3. The molecule has 0 unspecified atom stereocenters. The molecule has 9 heteroatoms. The van der Waals surface area contributed by atoms with E-state index in [1.165, 1.54) is 12.4 Å². The highest BCUT2D eigenvalue weighted by Crippen LogP contribution is 2.31. The van der Waals surface area contributed by atoms with Crippen molar-refractivity contribution in [2.75, 3.05) is 11.4 Å². The number of amides is 1. The number of hydrogen-bond acceptors (Lipinski definition) is 6. The van der Waals surface area contributed by atoms with Crippen LogP contribution in [0.4, 0.5) is 10.1 Å². The number of fused-ring (bicyclic) bond motifs is 1. The first kappa shape index (κ1) is 17.1. The van der Waals surface area contributed by atoms with Crippen LogP contribution >= 0.6 is 0 Å². The molecule has 1 amide bonds. The summed E-state index contributed by atoms with van der Waals surface area (Å²) in [6.07, 6.45) is 6.83. The molecule has 2 aliphatic rings. The van der Waals surface area contributed by atoms with Crippen molar-refractivity contribution < 1.29 is 9.18 Å². The number of aromatic nitrogens is 3. The van der Waals surface area contributed by atoms with Crippen LogP contribution in [0.2, 0.25) is 0 Å². The van der Waals surface area contributed by atoms with E-state index in [2.05, 4.69) is 20.6 Å². The summed E-state index contributed by atoms with van der Waals surface area (Å²) in [5.74, 6) is 0.672. The molecule has 0 radical (unpaired) electrons. The summed E-state index contributed by atoms with van der Waals surface area (Å²) in [6.45, 7) is 6.24. The SMILES string of the molecule is Cc1cc(-c2nc[nH]n2)c(F)cc1N1C=CN2NC(=O)CN(C(C)C)C2=C1. The molecule has 2 aliphatic heterocycles. The second-order valence-electron chi connectivity index (χ2n) is 6.76. The van der Waals surface area contributed by atoms with Crippen LogP contribution in [0, 0.1) is 12.7 Å². The predicted molar refractivity (Wildman–Crippen MR) is 98.0 cm³/mol. The van der Waals surface area contributed by atoms with E-state index in [-0.39, 0.29) is 18.5 Å². The fourth-order valence-corrected chi connectivity index (χ4v) is 3.21. The zero-order valence-corrected chi connectivity index (χ0v) is 15.3. The summed E-state index contributed by atoms with van der Waals surface area (Å²) >= 11 is 0. The summed E-state index contributed by atoms with van der Waals surface area (Å²) in [4.78, 5) is 19.8. The van der Waals surface area contributed by atoms with Gasteiger partial charge < -0.3 is 9.80 Å². The van der Waals surface area contributed by atoms with E-state index in [9.17, 15) is 9.18 Å². The van der Waals surface area contributed by atoms with Crippen LogP contribution in [-0.4, -0.2) is 43.6 Å². The summed E-state index contributed by atoms with van der Waals surface area (Å²) in [7, 11) is 0. The lowest BCUT2D eigenvalue weighted by molar-refractivity contribution is -0.129. The third-order valence-electron chi connectivity index (χ3n) is 4.57. The minimum absolute atomic E-state index is 0.0722. The molecule has 0 saturated carbocycles. The van der Waals surface area contributed by atoms with E-state index in [4.69, 9.17) is 0 Å². The number of H-pyrrole nitrogens is 1. The number of nitrogens with one attached hydrogen (secondary N) is 2. The van der Waals surface area contributed by atoms with Crippen molar-refractivity contribution in [3.05, 3.63) is 54.3 Å². The number of benzene rings is 1. The van der Waals surface area contributed by atoms with Gasteiger partial charge in [0.1, 0.15) is 24.5 Å². The highest BCUT2D eigenvalue weighted by atomic mass is 19.1. The molecule has 3 heterocycles. The molecule has 1 saturated heterocycles. The van der Waals surface area contributed by atoms with Crippen LogP contribution in [0.3, 0.4) is 0 Å². The number of nitrogens with zero attached hydrogens (tertiary/aromatic N) is 5. The fourth-order valence-electron chi connectivity index (χ4n) is 3.21. The number of hydrazine groups is 1. The smallest absolute Gasteiger partial charge is 0.258 e. The van der Waals surface area contributed by atoms with Crippen LogP contribution in [0.5, 0.6) is 0 Å². The third kappa shape index (κ3) is 3.01. The molecule has 4 rings (SSSR count). The Labute approximate surface area is 155 Å². The third-order valence-corrected chi connectivity index (χ3v) is 4.57. The largest absolute Gasteiger partial charge is 0.344 e. The van der Waals surface area contributed by atoms with E-state index in [0.717, 1.165) is 11.4 Å². The second kappa shape index (κ2) is 6.42. The van der Waals surface area contributed by atoms with E-state index < -0.39 is 5.82 Å². The van der Waals surface area contributed by atoms with Gasteiger partial charge in [-0.1, -0.05) is 0 Å². The maximum Gasteiger partial charge on any atom is 0.258 e. The Morgan fingerprint density at radius 3 is 2.78 bits per heavy atom. The molecular formula is C18H20FN7O. The Balaban J connectivity index is 1.71. The van der Waals surface area contributed by atoms with Crippen LogP contribution in [0.15, 0.2) is 42.9 Å². The number of anilines is 1. The Kier molecular flexibility index (Phi) is 4.06. The lowest BCUT2D eigenvalue weighted by atomic mass is 10.1. The van der Waals surface area contributed by atoms with E-state index in [0.29, 0.717) is 17.1 Å². The van der Waals surface area contributed by atoms with Gasteiger partial charge in [-0.05, 0) is 38.5 Å². The van der Waals surface area contributed by atoms with Crippen molar-refractivity contribution >= 4 is 11.6 Å². The first-order valence-electron chi connectivity index (χ1n) is 8.64. The molecule has 1 aromatic heterocycles. The minimum Gasteiger partial charge on any atom is -0.344 e. The molecule has 2 N–H and O–H groups in total. The van der Waals surface area contributed by atoms with Crippen LogP contribution in [0.1, 0.15) is 19.4 Å². The average molecular weight is 369 g/mol. The summed E-state index contributed by atoms with van der Waals surface area (Å²) in [5.41, 5.74) is 4.74. The molecule has 2 aromatic rings. The number of aromatic amines is 1. The number of rotatable bonds is 3. The quantitative estimate of drug-likeness (QED) is 0.862. The number of halogens is 1. The van der Waals surface area contributed by atoms with Crippen molar-refractivity contribution in [2.24, 2.45) is 0 Å². The first-order valence-corrected chi connectivity index (χ1v) is 8.64. The Bertz CT molecular complexity index is 935. The lowest BCUT2D eigenvalue weighted by Gasteiger charge is -2.43. The minimum atomic E-state index is -0.401. The summed E-state index contributed by atoms with van der Waals surface area (Å²) < 4.78 is 14.7. The highest BCUT2D eigenvalue weighted by Gasteiger charge is 2.30. The molecule has 0 bridgehead atoms. The van der Waals surface area contributed by atoms with Crippen molar-refractivity contribution in [3.63, 3.8) is 0 Å². The summed E-state index contributed by atoms with van der Waals surface area (Å²) in [5, 5.41) is 8.23. The van der Waals surface area contributed by atoms with Gasteiger partial charge in [0.05, 0.1) is 17.5 Å². The van der Waals surface area contributed by atoms with Crippen molar-refractivity contribution in [3.8, 4) is 11.4 Å². The highest BCUT2D eigenvalue weighted by molar-refractivity contribution is 5.79. The maximum atomic E-state index is 14.7. The van der Waals surface area contributed by atoms with Crippen LogP contribution < -0.4 is 10.3 Å². The first-order chi connectivity index (χ1) is 12.9. The van der Waals surface area contributed by atoms with Crippen molar-refractivity contribution in [1.29, 1.82) is 0 Å². The molecule has 1 fully saturated rings. The zero-order chi connectivity index (χ0) is 19.1. The Morgan fingerprint density at radius 1 is 1.26 bits per heavy atom. The number of carbonyl (C=O) groups is 1. The van der Waals surface area contributed by atoms with E-state index in [1.54, 1.807) is 23.5 Å². The molecular weight excluding hydrogens is 349 g/mol. The number of aryl methyl sites for hydroxylation is 1. The van der Waals surface area contributed by atoms with Gasteiger partial charge in [-0.15, -0.1) is 0 Å². The molecule has 0 aliphatic carbocycles. The van der Waals surface area contributed by atoms with Crippen molar-refractivity contribution in [2.45, 2.75) is 26.8 Å². The summed E-state index contributed by atoms with van der Waals surface area (Å²) in [6, 6.07) is 3.35. The second-order valence-corrected chi connectivity index (χ2v) is 6.76. The van der Waals surface area contributed by atoms with Gasteiger partial charge >= 0.3 is 0 Å². The van der Waals surface area contributed by atoms with Gasteiger partial charge in [0.2, 0.25) is 0 Å². The van der Waals surface area contributed by atoms with Crippen molar-refractivity contribution in [1.82, 2.24) is 30.5 Å². The van der Waals surface area contributed by atoms with E-state index >= 15 is 0 Å². The number of hydrogen-bond donors (Lipinski definition) is 2. The van der Waals surface area contributed by atoms with Gasteiger partial charge in [-0.25, -0.2) is 14.4 Å². The Hall–Kier alpha value is -3.36. The van der Waals surface area contributed by atoms with Gasteiger partial charge in [0.15, 0.2) is 5.82 Å². The van der Waals surface area contributed by atoms with E-state index in [1.807, 2.05) is 36.8 Å². The topological polar surface area (TPSA) is 80.4 Å². The molecule has 140 valence electrons. The maximum absolute atomic E-state index is 14.7. The van der Waals surface area contributed by atoms with Crippen LogP contribution in [-0.2, 0) is 4.79 Å². The molecule has 0 atom stereocenters. The van der Waals surface area contributed by atoms with Gasteiger partial charge in [0, 0.05) is 18.4 Å². The molecule has 1 aromatic carbocycles. The standard InChI is InChI=1S/C18H20FN7O/c1-11(2)25-8-16(27)23-26-5-4-24(9-17(25)26)15-7-14(19)13(6-12(15)3)18-20-10-21-22-18/h4-7,9-11H,8H2,1-3H3,(H,23,27)(H,20,21,22). The predicted octanol–water partition coefficient (Wildman–Crippen LogP) is 2.07. The van der Waals surface area contributed by atoms with Gasteiger partial charge in [-0.3, -0.25) is 15.3 Å². The average Bonchev–Trinajstić information content (AvgIpc) is 3.16. The molecule has 8 nitrogen and oxygen atoms in total. The van der Waals surface area contributed by atoms with Gasteiger partial charge in [0.25, 0.3) is 5.91 Å². The Morgan fingerprint density at radius 2 is 2.07 bits per heavy atom. The lowest BCUT2D eigenvalue weighted by Crippen LogP contribution is -2.56. The molecule has 0 spiro atoms. The fraction of sp³-hybridized carbons (Fsp3) is 0.278.